The summed E-state index contributed by atoms with van der Waals surface area (Å²) in [7, 11) is 0. The van der Waals surface area contributed by atoms with Gasteiger partial charge in [0.05, 0.1) is 5.69 Å². The van der Waals surface area contributed by atoms with Gasteiger partial charge in [0.1, 0.15) is 11.9 Å². The molecule has 2 rings (SSSR count). The third-order valence-corrected chi connectivity index (χ3v) is 3.48. The van der Waals surface area contributed by atoms with Gasteiger partial charge in [0.15, 0.2) is 0 Å². The Kier molecular flexibility index (Phi) is 4.04. The van der Waals surface area contributed by atoms with E-state index in [-0.39, 0.29) is 5.92 Å². The number of carboxylic acid groups (broad SMARTS) is 1. The molecule has 1 aromatic carbocycles. The minimum Gasteiger partial charge on any atom is -0.480 e. The summed E-state index contributed by atoms with van der Waals surface area (Å²) < 4.78 is 13.3. The topological polar surface area (TPSA) is 78.4 Å². The van der Waals surface area contributed by atoms with Gasteiger partial charge in [-0.3, -0.25) is 0 Å². The number of hydrogen-bond donors (Lipinski definition) is 3. The van der Waals surface area contributed by atoms with Crippen molar-refractivity contribution in [1.82, 2.24) is 5.32 Å². The van der Waals surface area contributed by atoms with E-state index < -0.39 is 23.9 Å². The van der Waals surface area contributed by atoms with E-state index in [2.05, 4.69) is 26.6 Å². The number of nitrogens with one attached hydrogen (secondary N) is 2. The van der Waals surface area contributed by atoms with Gasteiger partial charge in [-0.25, -0.2) is 14.0 Å². The second-order valence-corrected chi connectivity index (χ2v) is 5.23. The number of rotatable bonds is 4. The fraction of sp³-hybridized carbons (Fsp3) is 0.333. The number of carbonyl (C=O) groups is 2. The Balaban J connectivity index is 1.98. The largest absolute Gasteiger partial charge is 0.480 e. The van der Waals surface area contributed by atoms with E-state index in [0.29, 0.717) is 10.2 Å². The van der Waals surface area contributed by atoms with Crippen molar-refractivity contribution in [3.63, 3.8) is 0 Å². The standard InChI is InChI=1S/C12H12BrFN2O3/c13-8-5-7(14)3-4-9(8)15-12(19)16-10(11(17)18)6-1-2-6/h3-6,10H,1-2H2,(H,17,18)(H2,15,16,19). The second-order valence-electron chi connectivity index (χ2n) is 4.38. The summed E-state index contributed by atoms with van der Waals surface area (Å²) in [6.07, 6.45) is 1.61. The molecule has 102 valence electrons. The predicted octanol–water partition coefficient (Wildman–Crippen LogP) is 2.57. The average molecular weight is 331 g/mol. The van der Waals surface area contributed by atoms with E-state index in [4.69, 9.17) is 5.11 Å². The number of benzene rings is 1. The van der Waals surface area contributed by atoms with E-state index in [0.717, 1.165) is 12.8 Å². The number of amides is 2. The summed E-state index contributed by atoms with van der Waals surface area (Å²) in [6.45, 7) is 0. The minimum absolute atomic E-state index is 0.0000847. The van der Waals surface area contributed by atoms with Gasteiger partial charge in [0.25, 0.3) is 0 Å². The highest BCUT2D eigenvalue weighted by Crippen LogP contribution is 2.32. The van der Waals surface area contributed by atoms with Crippen LogP contribution in [-0.4, -0.2) is 23.1 Å². The molecular formula is C12H12BrFN2O3. The van der Waals surface area contributed by atoms with Gasteiger partial charge in [0, 0.05) is 4.47 Å². The van der Waals surface area contributed by atoms with Crippen LogP contribution in [0.5, 0.6) is 0 Å². The Morgan fingerprint density at radius 3 is 2.63 bits per heavy atom. The summed E-state index contributed by atoms with van der Waals surface area (Å²) in [5, 5.41) is 13.9. The number of urea groups is 1. The summed E-state index contributed by atoms with van der Waals surface area (Å²) in [5.74, 6) is -1.48. The molecule has 19 heavy (non-hydrogen) atoms. The number of aliphatic carboxylic acids is 1. The fourth-order valence-corrected chi connectivity index (χ4v) is 2.15. The molecule has 7 heteroatoms. The summed E-state index contributed by atoms with van der Waals surface area (Å²) >= 11 is 3.11. The molecule has 0 saturated heterocycles. The zero-order valence-corrected chi connectivity index (χ0v) is 11.4. The number of carbonyl (C=O) groups excluding carboxylic acids is 1. The minimum atomic E-state index is -1.05. The predicted molar refractivity (Wildman–Crippen MR) is 70.4 cm³/mol. The molecule has 0 bridgehead atoms. The van der Waals surface area contributed by atoms with Gasteiger partial charge in [-0.15, -0.1) is 0 Å². The normalized spacial score (nSPS) is 15.7. The van der Waals surface area contributed by atoms with Gasteiger partial charge < -0.3 is 15.7 Å². The van der Waals surface area contributed by atoms with E-state index in [1.165, 1.54) is 18.2 Å². The van der Waals surface area contributed by atoms with Crippen molar-refractivity contribution >= 4 is 33.6 Å². The molecule has 2 amide bonds. The van der Waals surface area contributed by atoms with Crippen LogP contribution >= 0.6 is 15.9 Å². The van der Waals surface area contributed by atoms with Crippen LogP contribution in [0.2, 0.25) is 0 Å². The summed E-state index contributed by atoms with van der Waals surface area (Å²) in [4.78, 5) is 22.7. The van der Waals surface area contributed by atoms with Crippen LogP contribution in [0.4, 0.5) is 14.9 Å². The van der Waals surface area contributed by atoms with Crippen LogP contribution in [0.3, 0.4) is 0 Å². The highest BCUT2D eigenvalue weighted by atomic mass is 79.9. The molecule has 1 aliphatic carbocycles. The lowest BCUT2D eigenvalue weighted by Crippen LogP contribution is -2.44. The molecule has 0 aliphatic heterocycles. The van der Waals surface area contributed by atoms with Crippen molar-refractivity contribution < 1.29 is 19.1 Å². The van der Waals surface area contributed by atoms with Crippen LogP contribution in [-0.2, 0) is 4.79 Å². The van der Waals surface area contributed by atoms with Gasteiger partial charge in [-0.1, -0.05) is 0 Å². The van der Waals surface area contributed by atoms with Gasteiger partial charge in [-0.2, -0.15) is 0 Å². The van der Waals surface area contributed by atoms with Crippen molar-refractivity contribution in [3.05, 3.63) is 28.5 Å². The Bertz CT molecular complexity index is 520. The zero-order chi connectivity index (χ0) is 14.0. The van der Waals surface area contributed by atoms with Crippen molar-refractivity contribution in [2.45, 2.75) is 18.9 Å². The molecule has 1 unspecified atom stereocenters. The van der Waals surface area contributed by atoms with Gasteiger partial charge in [0.2, 0.25) is 0 Å². The van der Waals surface area contributed by atoms with Crippen LogP contribution in [0.1, 0.15) is 12.8 Å². The first kappa shape index (κ1) is 13.8. The Morgan fingerprint density at radius 1 is 1.42 bits per heavy atom. The third-order valence-electron chi connectivity index (χ3n) is 2.83. The molecule has 1 aliphatic rings. The second kappa shape index (κ2) is 5.56. The smallest absolute Gasteiger partial charge is 0.326 e. The van der Waals surface area contributed by atoms with E-state index >= 15 is 0 Å². The maximum Gasteiger partial charge on any atom is 0.326 e. The molecule has 5 nitrogen and oxygen atoms in total. The average Bonchev–Trinajstić information content (AvgIpc) is 3.13. The molecule has 1 aromatic rings. The monoisotopic (exact) mass is 330 g/mol. The molecule has 0 spiro atoms. The zero-order valence-electron chi connectivity index (χ0n) is 9.82. The van der Waals surface area contributed by atoms with Crippen LogP contribution in [0, 0.1) is 11.7 Å². The highest BCUT2D eigenvalue weighted by Gasteiger charge is 2.37. The SMILES string of the molecule is O=C(Nc1ccc(F)cc1Br)NC(C(=O)O)C1CC1. The molecule has 1 fully saturated rings. The Hall–Kier alpha value is -1.63. The lowest BCUT2D eigenvalue weighted by atomic mass is 10.2. The van der Waals surface area contributed by atoms with Crippen LogP contribution < -0.4 is 10.6 Å². The number of anilines is 1. The number of halogens is 2. The van der Waals surface area contributed by atoms with E-state index in [1.807, 2.05) is 0 Å². The van der Waals surface area contributed by atoms with E-state index in [9.17, 15) is 14.0 Å². The molecular weight excluding hydrogens is 319 g/mol. The van der Waals surface area contributed by atoms with Crippen molar-refractivity contribution in [2.75, 3.05) is 5.32 Å². The molecule has 3 N–H and O–H groups in total. The molecule has 0 aromatic heterocycles. The fourth-order valence-electron chi connectivity index (χ4n) is 1.70. The van der Waals surface area contributed by atoms with E-state index in [1.54, 1.807) is 0 Å². The molecule has 0 heterocycles. The van der Waals surface area contributed by atoms with Crippen molar-refractivity contribution in [3.8, 4) is 0 Å². The lowest BCUT2D eigenvalue weighted by Gasteiger charge is -2.14. The first-order chi connectivity index (χ1) is 8.97. The Labute approximate surface area is 117 Å². The maximum atomic E-state index is 12.9. The first-order valence-electron chi connectivity index (χ1n) is 5.73. The van der Waals surface area contributed by atoms with Crippen molar-refractivity contribution in [2.24, 2.45) is 5.92 Å². The Morgan fingerprint density at radius 2 is 2.11 bits per heavy atom. The van der Waals surface area contributed by atoms with Crippen LogP contribution in [0.25, 0.3) is 0 Å². The number of hydrogen-bond acceptors (Lipinski definition) is 2. The summed E-state index contributed by atoms with van der Waals surface area (Å²) in [6, 6.07) is 2.32. The van der Waals surface area contributed by atoms with Gasteiger partial charge in [-0.05, 0) is 52.9 Å². The lowest BCUT2D eigenvalue weighted by molar-refractivity contribution is -0.139. The summed E-state index contributed by atoms with van der Waals surface area (Å²) in [5.41, 5.74) is 0.374. The molecule has 0 radical (unpaired) electrons. The van der Waals surface area contributed by atoms with Crippen molar-refractivity contribution in [1.29, 1.82) is 0 Å². The molecule has 1 saturated carbocycles. The van der Waals surface area contributed by atoms with Gasteiger partial charge >= 0.3 is 12.0 Å². The first-order valence-corrected chi connectivity index (χ1v) is 6.52. The maximum absolute atomic E-state index is 12.9. The third kappa shape index (κ3) is 3.66. The molecule has 1 atom stereocenters. The highest BCUT2D eigenvalue weighted by molar-refractivity contribution is 9.10. The quantitative estimate of drug-likeness (QED) is 0.793. The van der Waals surface area contributed by atoms with Crippen LogP contribution in [0.15, 0.2) is 22.7 Å². The number of carboxylic acids is 1.